The van der Waals surface area contributed by atoms with Gasteiger partial charge in [0, 0.05) is 43.0 Å². The van der Waals surface area contributed by atoms with Crippen LogP contribution in [0, 0.1) is 0 Å². The van der Waals surface area contributed by atoms with Crippen LogP contribution in [-0.2, 0) is 19.2 Å². The number of nitrogens with two attached hydrogens (primary N) is 2. The van der Waals surface area contributed by atoms with Crippen LogP contribution in [0.5, 0.6) is 0 Å². The van der Waals surface area contributed by atoms with Gasteiger partial charge in [0.1, 0.15) is 41.1 Å². The van der Waals surface area contributed by atoms with Gasteiger partial charge < -0.3 is 31.6 Å². The van der Waals surface area contributed by atoms with Crippen LogP contribution in [0.1, 0.15) is 12.1 Å². The van der Waals surface area contributed by atoms with Crippen molar-refractivity contribution in [3.8, 4) is 0 Å². The second-order valence-corrected chi connectivity index (χ2v) is 11.0. The zero-order valence-electron chi connectivity index (χ0n) is 21.7. The average molecular weight is 601 g/mol. The number of β-lactam (4-membered cyclic amide) rings is 1. The molecule has 7 N–H and O–H groups in total. The first-order valence-corrected chi connectivity index (χ1v) is 14.4. The van der Waals surface area contributed by atoms with Gasteiger partial charge in [-0.25, -0.2) is 14.8 Å². The molecular weight excluding hydrogens is 572 g/mol. The molecule has 1 aromatic heterocycles. The van der Waals surface area contributed by atoms with E-state index in [-0.39, 0.29) is 35.4 Å². The number of carbonyl (C=O) groups excluding carboxylic acids is 2. The number of rotatable bonds is 11. The summed E-state index contributed by atoms with van der Waals surface area (Å²) in [7, 11) is 0. The van der Waals surface area contributed by atoms with Gasteiger partial charge in [-0.1, -0.05) is 17.8 Å². The van der Waals surface area contributed by atoms with E-state index < -0.39 is 29.2 Å². The van der Waals surface area contributed by atoms with Crippen LogP contribution in [0.15, 0.2) is 63.8 Å². The van der Waals surface area contributed by atoms with E-state index in [2.05, 4.69) is 32.5 Å². The molecule has 0 radical (unpaired) electrons. The fourth-order valence-corrected chi connectivity index (χ4v) is 6.41. The molecule has 216 valence electrons. The van der Waals surface area contributed by atoms with Crippen molar-refractivity contribution in [3.05, 3.63) is 59.3 Å². The number of carboxylic acid groups (broad SMARTS) is 1. The maximum Gasteiger partial charge on any atom is 0.352 e. The quantitative estimate of drug-likeness (QED) is 0.0722. The van der Waals surface area contributed by atoms with Crippen molar-refractivity contribution in [2.24, 2.45) is 15.9 Å². The molecule has 17 heteroatoms. The molecule has 41 heavy (non-hydrogen) atoms. The molecule has 0 aliphatic carbocycles. The Morgan fingerprint density at radius 2 is 2.22 bits per heavy atom. The highest BCUT2D eigenvalue weighted by atomic mass is 32.2. The van der Waals surface area contributed by atoms with Crippen molar-refractivity contribution in [2.45, 2.75) is 17.8 Å². The largest absolute Gasteiger partial charge is 0.477 e. The van der Waals surface area contributed by atoms with Crippen molar-refractivity contribution in [1.82, 2.24) is 30.5 Å². The van der Waals surface area contributed by atoms with Crippen LogP contribution < -0.4 is 22.2 Å². The fourth-order valence-electron chi connectivity index (χ4n) is 4.53. The minimum Gasteiger partial charge on any atom is -0.477 e. The number of hydrogen-bond acceptors (Lipinski definition) is 13. The lowest BCUT2D eigenvalue weighted by Gasteiger charge is -2.49. The van der Waals surface area contributed by atoms with E-state index in [0.29, 0.717) is 30.8 Å². The van der Waals surface area contributed by atoms with Gasteiger partial charge in [-0.2, -0.15) is 0 Å². The summed E-state index contributed by atoms with van der Waals surface area (Å²) in [5.74, 6) is -0.485. The number of nitrogens with zero attached hydrogens (tertiary/aromatic N) is 6. The van der Waals surface area contributed by atoms with E-state index in [4.69, 9.17) is 16.3 Å². The summed E-state index contributed by atoms with van der Waals surface area (Å²) in [6, 6.07) is -0.956. The number of anilines is 1. The van der Waals surface area contributed by atoms with Crippen molar-refractivity contribution in [2.75, 3.05) is 37.7 Å². The normalized spacial score (nSPS) is 22.6. The summed E-state index contributed by atoms with van der Waals surface area (Å²) < 4.78 is 0. The predicted molar refractivity (Wildman–Crippen MR) is 154 cm³/mol. The number of aliphatic imine (C=N–C) groups is 1. The van der Waals surface area contributed by atoms with Gasteiger partial charge in [0.05, 0.1) is 6.54 Å². The molecule has 2 amide bonds. The fraction of sp³-hybridized carbons (Fsp3) is 0.333. The van der Waals surface area contributed by atoms with Crippen LogP contribution in [0.2, 0.25) is 0 Å². The summed E-state index contributed by atoms with van der Waals surface area (Å²) in [6.45, 7) is 4.83. The second-order valence-electron chi connectivity index (χ2n) is 9.00. The molecule has 4 aliphatic rings. The Kier molecular flexibility index (Phi) is 8.27. The summed E-state index contributed by atoms with van der Waals surface area (Å²) >= 11 is 2.49. The van der Waals surface area contributed by atoms with Crippen LogP contribution in [0.3, 0.4) is 0 Å². The van der Waals surface area contributed by atoms with Crippen molar-refractivity contribution in [3.63, 3.8) is 0 Å². The highest BCUT2D eigenvalue weighted by molar-refractivity contribution is 8.00. The zero-order valence-corrected chi connectivity index (χ0v) is 23.4. The number of thioether (sulfide) groups is 1. The highest BCUT2D eigenvalue weighted by Crippen LogP contribution is 2.41. The smallest absolute Gasteiger partial charge is 0.352 e. The van der Waals surface area contributed by atoms with Crippen molar-refractivity contribution in [1.29, 1.82) is 0 Å². The monoisotopic (exact) mass is 600 g/mol. The Morgan fingerprint density at radius 1 is 1.39 bits per heavy atom. The maximum absolute atomic E-state index is 13.2. The summed E-state index contributed by atoms with van der Waals surface area (Å²) in [5, 5.41) is 19.6. The Morgan fingerprint density at radius 3 is 2.93 bits per heavy atom. The number of aliphatic carboxylic acids is 1. The summed E-state index contributed by atoms with van der Waals surface area (Å²) in [6.07, 6.45) is 7.67. The Bertz CT molecular complexity index is 1420. The first kappa shape index (κ1) is 28.2. The molecule has 1 saturated heterocycles. The number of amidine groups is 1. The van der Waals surface area contributed by atoms with Gasteiger partial charge in [-0.3, -0.25) is 24.9 Å². The van der Waals surface area contributed by atoms with Gasteiger partial charge in [-0.05, 0) is 11.6 Å². The predicted octanol–water partition coefficient (Wildman–Crippen LogP) is -0.434. The van der Waals surface area contributed by atoms with E-state index in [1.807, 2.05) is 23.4 Å². The number of amides is 2. The van der Waals surface area contributed by atoms with E-state index >= 15 is 0 Å². The number of carbonyl (C=O) groups is 3. The number of nitrogen functional groups attached to an aromatic ring is 1. The lowest BCUT2D eigenvalue weighted by molar-refractivity contribution is -0.150. The van der Waals surface area contributed by atoms with Gasteiger partial charge in [-0.15, -0.1) is 23.1 Å². The molecule has 1 fully saturated rings. The standard InChI is InChI=1S/C24H28N10O5S2/c1-2-9-39-31-17(14-12-41-24(26)28-14)20(35)29-18-21(36)34-19(23(37)38)13(11-40-22(18)34)10-32-7-8-33-16(32)4-3-15(30-33)27-6-5-25/h2,4,7-8,12,18,22H,1,3,5-6,9-11,25H2,(H2,26,28)(H,27,30)(H,29,35)(H,37,38)/t18-,22+/m1/s1. The average Bonchev–Trinajstić information content (AvgIpc) is 3.57. The zero-order chi connectivity index (χ0) is 29.1. The third-order valence-electron chi connectivity index (χ3n) is 6.32. The molecule has 5 rings (SSSR count). The van der Waals surface area contributed by atoms with Crippen molar-refractivity contribution < 1.29 is 24.3 Å². The third kappa shape index (κ3) is 5.63. The molecule has 0 saturated carbocycles. The minimum atomic E-state index is -1.21. The second kappa shape index (κ2) is 12.0. The SMILES string of the molecule is C=CCON=C(C(=O)N[C@@H]1C(=O)N2C(C(=O)O)=C(CN3C=CN4NC(=NCCN)CC=C34)CS[C@@H]12)c1csc(N)n1. The van der Waals surface area contributed by atoms with Gasteiger partial charge in [0.15, 0.2) is 10.8 Å². The molecule has 0 spiro atoms. The number of fused-ring (bicyclic) bond motifs is 2. The number of aromatic nitrogens is 1. The van der Waals surface area contributed by atoms with Crippen molar-refractivity contribution >= 4 is 57.6 Å². The van der Waals surface area contributed by atoms with E-state index in [0.717, 1.165) is 23.0 Å². The Hall–Kier alpha value is -4.35. The molecule has 15 nitrogen and oxygen atoms in total. The van der Waals surface area contributed by atoms with Crippen LogP contribution >= 0.6 is 23.1 Å². The molecule has 5 heterocycles. The first-order chi connectivity index (χ1) is 19.8. The minimum absolute atomic E-state index is 0.0561. The highest BCUT2D eigenvalue weighted by Gasteiger charge is 2.54. The third-order valence-corrected chi connectivity index (χ3v) is 8.34. The molecule has 0 aromatic carbocycles. The number of hydrogen-bond donors (Lipinski definition) is 5. The topological polar surface area (TPSA) is 204 Å². The van der Waals surface area contributed by atoms with Gasteiger partial charge in [0.25, 0.3) is 11.8 Å². The lowest BCUT2D eigenvalue weighted by Crippen LogP contribution is -2.71. The van der Waals surface area contributed by atoms with Crippen LogP contribution in [0.4, 0.5) is 5.13 Å². The first-order valence-electron chi connectivity index (χ1n) is 12.5. The molecule has 2 atom stereocenters. The van der Waals surface area contributed by atoms with E-state index in [1.165, 1.54) is 22.7 Å². The summed E-state index contributed by atoms with van der Waals surface area (Å²) in [4.78, 5) is 55.4. The van der Waals surface area contributed by atoms with Gasteiger partial charge in [0.2, 0.25) is 0 Å². The van der Waals surface area contributed by atoms with Crippen LogP contribution in [0.25, 0.3) is 0 Å². The molecular formula is C24H28N10O5S2. The molecule has 0 unspecified atom stereocenters. The Balaban J connectivity index is 1.30. The Labute approximate surface area is 242 Å². The number of thiazole rings is 1. The molecule has 1 aromatic rings. The number of oxime groups is 1. The maximum atomic E-state index is 13.2. The number of hydrazine groups is 1. The lowest BCUT2D eigenvalue weighted by atomic mass is 10.0. The van der Waals surface area contributed by atoms with Crippen LogP contribution in [-0.4, -0.2) is 97.6 Å². The number of nitrogens with one attached hydrogen (secondary N) is 2. The van der Waals surface area contributed by atoms with Gasteiger partial charge >= 0.3 is 5.97 Å². The van der Waals surface area contributed by atoms with E-state index in [9.17, 15) is 19.5 Å². The molecule has 4 aliphatic heterocycles. The van der Waals surface area contributed by atoms with E-state index in [1.54, 1.807) is 10.4 Å². The number of carboxylic acids is 1. The molecule has 0 bridgehead atoms. The summed E-state index contributed by atoms with van der Waals surface area (Å²) in [5.41, 5.74) is 15.0.